The van der Waals surface area contributed by atoms with Gasteiger partial charge in [0.05, 0.1) is 6.10 Å². The fourth-order valence-electron chi connectivity index (χ4n) is 1.99. The molecule has 0 amide bonds. The van der Waals surface area contributed by atoms with Gasteiger partial charge in [-0.15, -0.1) is 0 Å². The molecule has 1 aliphatic rings. The zero-order valence-electron chi connectivity index (χ0n) is 9.89. The van der Waals surface area contributed by atoms with Crippen LogP contribution in [0, 0.1) is 5.92 Å². The lowest BCUT2D eigenvalue weighted by Gasteiger charge is -2.15. The quantitative estimate of drug-likeness (QED) is 0.768. The molecule has 1 fully saturated rings. The van der Waals surface area contributed by atoms with Crippen LogP contribution in [0.25, 0.3) is 0 Å². The molecule has 2 rings (SSSR count). The summed E-state index contributed by atoms with van der Waals surface area (Å²) < 4.78 is 0. The maximum Gasteiger partial charge on any atom is 0.0692 e. The van der Waals surface area contributed by atoms with Crippen LogP contribution in [0.3, 0.4) is 0 Å². The Labute approximate surface area is 97.7 Å². The second-order valence-corrected chi connectivity index (χ2v) is 4.87. The Morgan fingerprint density at radius 1 is 1.25 bits per heavy atom. The van der Waals surface area contributed by atoms with Gasteiger partial charge in [-0.3, -0.25) is 0 Å². The molecule has 1 aliphatic carbocycles. The van der Waals surface area contributed by atoms with E-state index in [1.165, 1.54) is 18.4 Å². The number of aliphatic hydroxyl groups excluding tert-OH is 1. The third-order valence-electron chi connectivity index (χ3n) is 3.34. The molecule has 0 radical (unpaired) electrons. The summed E-state index contributed by atoms with van der Waals surface area (Å²) in [7, 11) is 0. The van der Waals surface area contributed by atoms with Crippen LogP contribution >= 0.6 is 0 Å². The highest BCUT2D eigenvalue weighted by Crippen LogP contribution is 2.32. The molecule has 1 aromatic rings. The van der Waals surface area contributed by atoms with E-state index < -0.39 is 0 Å². The van der Waals surface area contributed by atoms with E-state index in [1.807, 2.05) is 6.07 Å². The van der Waals surface area contributed by atoms with Gasteiger partial charge in [0.15, 0.2) is 0 Å². The van der Waals surface area contributed by atoms with Gasteiger partial charge < -0.3 is 10.4 Å². The number of hydrogen-bond donors (Lipinski definition) is 2. The van der Waals surface area contributed by atoms with E-state index in [4.69, 9.17) is 0 Å². The largest absolute Gasteiger partial charge is 0.392 e. The number of rotatable bonds is 6. The monoisotopic (exact) mass is 219 g/mol. The van der Waals surface area contributed by atoms with E-state index in [1.54, 1.807) is 0 Å². The standard InChI is InChI=1S/C14H21NO/c1-11(12-5-3-2-4-6-12)9-15-10-14(16)13-7-8-13/h2-6,11,13-16H,7-10H2,1H3. The Morgan fingerprint density at radius 3 is 2.56 bits per heavy atom. The molecule has 0 saturated heterocycles. The second kappa shape index (κ2) is 5.46. The van der Waals surface area contributed by atoms with Crippen LogP contribution in [0.5, 0.6) is 0 Å². The number of benzene rings is 1. The average molecular weight is 219 g/mol. The first-order valence-corrected chi connectivity index (χ1v) is 6.21. The Morgan fingerprint density at radius 2 is 1.94 bits per heavy atom. The minimum Gasteiger partial charge on any atom is -0.392 e. The number of hydrogen-bond acceptors (Lipinski definition) is 2. The maximum absolute atomic E-state index is 9.71. The lowest BCUT2D eigenvalue weighted by Crippen LogP contribution is -2.30. The van der Waals surface area contributed by atoms with E-state index in [0.717, 1.165) is 13.1 Å². The van der Waals surface area contributed by atoms with E-state index in [9.17, 15) is 5.11 Å². The summed E-state index contributed by atoms with van der Waals surface area (Å²) in [4.78, 5) is 0. The molecule has 2 unspecified atom stereocenters. The maximum atomic E-state index is 9.71. The van der Waals surface area contributed by atoms with Crippen molar-refractivity contribution in [2.75, 3.05) is 13.1 Å². The first-order chi connectivity index (χ1) is 7.77. The highest BCUT2D eigenvalue weighted by molar-refractivity contribution is 5.18. The molecule has 0 aromatic heterocycles. The summed E-state index contributed by atoms with van der Waals surface area (Å²) in [6, 6.07) is 10.5. The number of aliphatic hydroxyl groups is 1. The van der Waals surface area contributed by atoms with E-state index in [2.05, 4.69) is 36.5 Å². The van der Waals surface area contributed by atoms with Crippen molar-refractivity contribution in [1.82, 2.24) is 5.32 Å². The van der Waals surface area contributed by atoms with Crippen LogP contribution in [0.4, 0.5) is 0 Å². The lowest BCUT2D eigenvalue weighted by atomic mass is 10.0. The van der Waals surface area contributed by atoms with Crippen molar-refractivity contribution in [3.63, 3.8) is 0 Å². The minimum absolute atomic E-state index is 0.136. The molecule has 1 aromatic carbocycles. The molecular formula is C14H21NO. The SMILES string of the molecule is CC(CNCC(O)C1CC1)c1ccccc1. The molecule has 2 nitrogen and oxygen atoms in total. The third kappa shape index (κ3) is 3.32. The summed E-state index contributed by atoms with van der Waals surface area (Å²) in [6.07, 6.45) is 2.27. The van der Waals surface area contributed by atoms with Gasteiger partial charge in [0.1, 0.15) is 0 Å². The van der Waals surface area contributed by atoms with Gasteiger partial charge in [-0.25, -0.2) is 0 Å². The van der Waals surface area contributed by atoms with Crippen LogP contribution in [0.15, 0.2) is 30.3 Å². The molecular weight excluding hydrogens is 198 g/mol. The predicted molar refractivity (Wildman–Crippen MR) is 66.5 cm³/mol. The Hall–Kier alpha value is -0.860. The van der Waals surface area contributed by atoms with Crippen LogP contribution in [-0.2, 0) is 0 Å². The first-order valence-electron chi connectivity index (χ1n) is 6.21. The molecule has 0 bridgehead atoms. The fourth-order valence-corrected chi connectivity index (χ4v) is 1.99. The molecule has 0 spiro atoms. The van der Waals surface area contributed by atoms with Crippen molar-refractivity contribution in [3.05, 3.63) is 35.9 Å². The van der Waals surface area contributed by atoms with Gasteiger partial charge in [0.2, 0.25) is 0 Å². The van der Waals surface area contributed by atoms with Crippen molar-refractivity contribution in [3.8, 4) is 0 Å². The normalized spacial score (nSPS) is 19.4. The highest BCUT2D eigenvalue weighted by Gasteiger charge is 2.29. The second-order valence-electron chi connectivity index (χ2n) is 4.87. The molecule has 2 atom stereocenters. The molecule has 16 heavy (non-hydrogen) atoms. The van der Waals surface area contributed by atoms with Gasteiger partial charge in [-0.2, -0.15) is 0 Å². The highest BCUT2D eigenvalue weighted by atomic mass is 16.3. The van der Waals surface area contributed by atoms with Crippen molar-refractivity contribution < 1.29 is 5.11 Å². The third-order valence-corrected chi connectivity index (χ3v) is 3.34. The van der Waals surface area contributed by atoms with Gasteiger partial charge >= 0.3 is 0 Å². The fraction of sp³-hybridized carbons (Fsp3) is 0.571. The Bertz CT molecular complexity index is 308. The summed E-state index contributed by atoms with van der Waals surface area (Å²) in [5.41, 5.74) is 1.36. The van der Waals surface area contributed by atoms with Gasteiger partial charge in [-0.05, 0) is 30.2 Å². The summed E-state index contributed by atoms with van der Waals surface area (Å²) in [5, 5.41) is 13.1. The van der Waals surface area contributed by atoms with Crippen molar-refractivity contribution in [2.24, 2.45) is 5.92 Å². The Balaban J connectivity index is 1.69. The molecule has 2 heteroatoms. The number of nitrogens with one attached hydrogen (secondary N) is 1. The first kappa shape index (κ1) is 11.6. The van der Waals surface area contributed by atoms with Crippen LogP contribution in [0.2, 0.25) is 0 Å². The predicted octanol–water partition coefficient (Wildman–Crippen LogP) is 2.15. The zero-order chi connectivity index (χ0) is 11.4. The topological polar surface area (TPSA) is 32.3 Å². The zero-order valence-corrected chi connectivity index (χ0v) is 9.89. The van der Waals surface area contributed by atoms with E-state index in [0.29, 0.717) is 11.8 Å². The molecule has 0 aliphatic heterocycles. The van der Waals surface area contributed by atoms with Crippen molar-refractivity contribution >= 4 is 0 Å². The molecule has 88 valence electrons. The molecule has 0 heterocycles. The van der Waals surface area contributed by atoms with Crippen LogP contribution in [0.1, 0.15) is 31.2 Å². The Kier molecular flexibility index (Phi) is 3.97. The van der Waals surface area contributed by atoms with Crippen LogP contribution < -0.4 is 5.32 Å². The van der Waals surface area contributed by atoms with Gasteiger partial charge in [0, 0.05) is 13.1 Å². The van der Waals surface area contributed by atoms with Crippen molar-refractivity contribution in [1.29, 1.82) is 0 Å². The summed E-state index contributed by atoms with van der Waals surface area (Å²) in [6.45, 7) is 3.89. The molecule has 1 saturated carbocycles. The summed E-state index contributed by atoms with van der Waals surface area (Å²) >= 11 is 0. The lowest BCUT2D eigenvalue weighted by molar-refractivity contribution is 0.148. The molecule has 2 N–H and O–H groups in total. The summed E-state index contributed by atoms with van der Waals surface area (Å²) in [5.74, 6) is 1.08. The van der Waals surface area contributed by atoms with Gasteiger partial charge in [0.25, 0.3) is 0 Å². The van der Waals surface area contributed by atoms with Gasteiger partial charge in [-0.1, -0.05) is 37.3 Å². The average Bonchev–Trinajstić information content (AvgIpc) is 3.14. The van der Waals surface area contributed by atoms with E-state index in [-0.39, 0.29) is 6.10 Å². The van der Waals surface area contributed by atoms with Crippen LogP contribution in [-0.4, -0.2) is 24.3 Å². The van der Waals surface area contributed by atoms with Crippen molar-refractivity contribution in [2.45, 2.75) is 31.8 Å². The smallest absolute Gasteiger partial charge is 0.0692 e. The minimum atomic E-state index is -0.136. The van der Waals surface area contributed by atoms with E-state index >= 15 is 0 Å².